The molecule has 0 spiro atoms. The normalized spacial score (nSPS) is 10.4. The summed E-state index contributed by atoms with van der Waals surface area (Å²) in [5.41, 5.74) is 2.63. The molecule has 2 heteroatoms. The second-order valence-corrected chi connectivity index (χ2v) is 4.47. The van der Waals surface area contributed by atoms with Crippen LogP contribution in [0.5, 0.6) is 5.75 Å². The Morgan fingerprint density at radius 3 is 2.32 bits per heavy atom. The van der Waals surface area contributed by atoms with Crippen molar-refractivity contribution in [3.8, 4) is 5.75 Å². The number of ether oxygens (including phenoxy) is 1. The van der Waals surface area contributed by atoms with Gasteiger partial charge in [-0.05, 0) is 42.8 Å². The van der Waals surface area contributed by atoms with Crippen molar-refractivity contribution in [1.29, 1.82) is 0 Å². The fourth-order valence-corrected chi connectivity index (χ4v) is 2.02. The predicted molar refractivity (Wildman–Crippen MR) is 79.5 cm³/mol. The van der Waals surface area contributed by atoms with Gasteiger partial charge in [-0.2, -0.15) is 0 Å². The summed E-state index contributed by atoms with van der Waals surface area (Å²) in [6.07, 6.45) is 1.04. The third-order valence-electron chi connectivity index (χ3n) is 3.08. The number of hydrogen-bond acceptors (Lipinski definition) is 2. The van der Waals surface area contributed by atoms with Crippen LogP contribution in [0.15, 0.2) is 54.6 Å². The second-order valence-electron chi connectivity index (χ2n) is 4.47. The maximum atomic E-state index is 5.82. The summed E-state index contributed by atoms with van der Waals surface area (Å²) < 4.78 is 5.82. The molecule has 0 amide bonds. The summed E-state index contributed by atoms with van der Waals surface area (Å²) in [6, 6.07) is 18.4. The summed E-state index contributed by atoms with van der Waals surface area (Å²) in [5, 5.41) is 3.36. The lowest BCUT2D eigenvalue weighted by molar-refractivity contribution is 0.305. The zero-order valence-corrected chi connectivity index (χ0v) is 11.4. The van der Waals surface area contributed by atoms with Crippen LogP contribution in [0.3, 0.4) is 0 Å². The Morgan fingerprint density at radius 2 is 1.58 bits per heavy atom. The lowest BCUT2D eigenvalue weighted by Crippen LogP contribution is -2.17. The second kappa shape index (κ2) is 7.59. The maximum absolute atomic E-state index is 5.82. The molecule has 0 saturated carbocycles. The van der Waals surface area contributed by atoms with Gasteiger partial charge in [0.25, 0.3) is 0 Å². The lowest BCUT2D eigenvalue weighted by atomic mass is 10.1. The van der Waals surface area contributed by atoms with Crippen molar-refractivity contribution in [2.24, 2.45) is 0 Å². The van der Waals surface area contributed by atoms with Gasteiger partial charge in [-0.15, -0.1) is 0 Å². The fraction of sp³-hybridized carbons (Fsp3) is 0.294. The Hall–Kier alpha value is -1.80. The number of rotatable bonds is 7. The first-order valence-electron chi connectivity index (χ1n) is 6.85. The first-order valence-corrected chi connectivity index (χ1v) is 6.85. The molecule has 2 nitrogen and oxygen atoms in total. The van der Waals surface area contributed by atoms with Crippen molar-refractivity contribution < 1.29 is 4.74 Å². The third-order valence-corrected chi connectivity index (χ3v) is 3.08. The van der Waals surface area contributed by atoms with Gasteiger partial charge in [0, 0.05) is 0 Å². The van der Waals surface area contributed by atoms with Crippen molar-refractivity contribution >= 4 is 0 Å². The van der Waals surface area contributed by atoms with E-state index < -0.39 is 0 Å². The van der Waals surface area contributed by atoms with Gasteiger partial charge in [0.15, 0.2) is 0 Å². The van der Waals surface area contributed by atoms with Crippen molar-refractivity contribution in [1.82, 2.24) is 5.32 Å². The molecule has 100 valence electrons. The van der Waals surface area contributed by atoms with Crippen LogP contribution >= 0.6 is 0 Å². The Labute approximate surface area is 115 Å². The van der Waals surface area contributed by atoms with Gasteiger partial charge < -0.3 is 10.1 Å². The van der Waals surface area contributed by atoms with E-state index in [0.717, 1.165) is 25.3 Å². The highest BCUT2D eigenvalue weighted by molar-refractivity contribution is 5.28. The van der Waals surface area contributed by atoms with Gasteiger partial charge in [-0.3, -0.25) is 0 Å². The molecule has 2 aromatic carbocycles. The molecule has 0 unspecified atom stereocenters. The molecule has 0 aliphatic carbocycles. The van der Waals surface area contributed by atoms with E-state index in [9.17, 15) is 0 Å². The number of likely N-dealkylation sites (N-methyl/N-ethyl adjacent to an activating group) is 1. The van der Waals surface area contributed by atoms with Crippen molar-refractivity contribution in [2.45, 2.75) is 20.0 Å². The van der Waals surface area contributed by atoms with Crippen LogP contribution in [0, 0.1) is 0 Å². The van der Waals surface area contributed by atoms with Crippen LogP contribution in [0.25, 0.3) is 0 Å². The molecule has 0 aliphatic rings. The van der Waals surface area contributed by atoms with Crippen molar-refractivity contribution in [3.63, 3.8) is 0 Å². The summed E-state index contributed by atoms with van der Waals surface area (Å²) >= 11 is 0. The topological polar surface area (TPSA) is 21.3 Å². The molecule has 0 heterocycles. The third kappa shape index (κ3) is 4.42. The molecule has 2 rings (SSSR count). The minimum atomic E-state index is 0.631. The molecule has 2 aromatic rings. The lowest BCUT2D eigenvalue weighted by Gasteiger charge is -2.11. The highest BCUT2D eigenvalue weighted by Crippen LogP contribution is 2.14. The average molecular weight is 255 g/mol. The molecular formula is C17H21NO. The molecule has 0 aromatic heterocycles. The molecule has 0 aliphatic heterocycles. The van der Waals surface area contributed by atoms with Crippen molar-refractivity contribution in [2.75, 3.05) is 13.1 Å². The summed E-state index contributed by atoms with van der Waals surface area (Å²) in [5.74, 6) is 0.920. The molecule has 1 N–H and O–H groups in total. The van der Waals surface area contributed by atoms with E-state index in [1.807, 2.05) is 30.3 Å². The van der Waals surface area contributed by atoms with E-state index >= 15 is 0 Å². The Kier molecular flexibility index (Phi) is 5.45. The van der Waals surface area contributed by atoms with Crippen LogP contribution in [0.1, 0.15) is 18.1 Å². The SMILES string of the molecule is CCNCCc1ccccc1COc1ccccc1. The van der Waals surface area contributed by atoms with Crippen LogP contribution < -0.4 is 10.1 Å². The van der Waals surface area contributed by atoms with Gasteiger partial charge in [-0.25, -0.2) is 0 Å². The number of para-hydroxylation sites is 1. The molecule has 0 atom stereocenters. The molecule has 0 saturated heterocycles. The minimum Gasteiger partial charge on any atom is -0.489 e. The highest BCUT2D eigenvalue weighted by atomic mass is 16.5. The van der Waals surface area contributed by atoms with E-state index in [-0.39, 0.29) is 0 Å². The molecule has 19 heavy (non-hydrogen) atoms. The monoisotopic (exact) mass is 255 g/mol. The van der Waals surface area contributed by atoms with Crippen LogP contribution in [0.2, 0.25) is 0 Å². The standard InChI is InChI=1S/C17H21NO/c1-2-18-13-12-15-8-6-7-9-16(15)14-19-17-10-4-3-5-11-17/h3-11,18H,2,12-14H2,1H3. The van der Waals surface area contributed by atoms with E-state index in [1.165, 1.54) is 11.1 Å². The Morgan fingerprint density at radius 1 is 0.895 bits per heavy atom. The van der Waals surface area contributed by atoms with E-state index in [4.69, 9.17) is 4.74 Å². The van der Waals surface area contributed by atoms with Gasteiger partial charge in [0.05, 0.1) is 0 Å². The smallest absolute Gasteiger partial charge is 0.119 e. The highest BCUT2D eigenvalue weighted by Gasteiger charge is 2.02. The summed E-state index contributed by atoms with van der Waals surface area (Å²) in [4.78, 5) is 0. The minimum absolute atomic E-state index is 0.631. The summed E-state index contributed by atoms with van der Waals surface area (Å²) in [7, 11) is 0. The fourth-order valence-electron chi connectivity index (χ4n) is 2.02. The quantitative estimate of drug-likeness (QED) is 0.765. The van der Waals surface area contributed by atoms with Crippen LogP contribution in [-0.2, 0) is 13.0 Å². The van der Waals surface area contributed by atoms with Crippen molar-refractivity contribution in [3.05, 3.63) is 65.7 Å². The molecule has 0 fully saturated rings. The van der Waals surface area contributed by atoms with E-state index in [1.54, 1.807) is 0 Å². The molecule has 0 bridgehead atoms. The zero-order chi connectivity index (χ0) is 13.3. The first kappa shape index (κ1) is 13.6. The first-order chi connectivity index (χ1) is 9.40. The molecular weight excluding hydrogens is 234 g/mol. The van der Waals surface area contributed by atoms with E-state index in [2.05, 4.69) is 36.5 Å². The van der Waals surface area contributed by atoms with Gasteiger partial charge in [0.1, 0.15) is 12.4 Å². The molecule has 0 radical (unpaired) electrons. The van der Waals surface area contributed by atoms with Crippen LogP contribution in [-0.4, -0.2) is 13.1 Å². The predicted octanol–water partition coefficient (Wildman–Crippen LogP) is 3.42. The number of benzene rings is 2. The summed E-state index contributed by atoms with van der Waals surface area (Å²) in [6.45, 7) is 4.79. The largest absolute Gasteiger partial charge is 0.489 e. The number of nitrogens with one attached hydrogen (secondary N) is 1. The zero-order valence-electron chi connectivity index (χ0n) is 11.4. The van der Waals surface area contributed by atoms with Crippen LogP contribution in [0.4, 0.5) is 0 Å². The number of hydrogen-bond donors (Lipinski definition) is 1. The Balaban J connectivity index is 1.95. The van der Waals surface area contributed by atoms with Gasteiger partial charge in [0.2, 0.25) is 0 Å². The van der Waals surface area contributed by atoms with Gasteiger partial charge >= 0.3 is 0 Å². The Bertz CT molecular complexity index is 482. The average Bonchev–Trinajstić information content (AvgIpc) is 2.48. The maximum Gasteiger partial charge on any atom is 0.119 e. The van der Waals surface area contributed by atoms with Gasteiger partial charge in [-0.1, -0.05) is 49.4 Å². The van der Waals surface area contributed by atoms with E-state index in [0.29, 0.717) is 6.61 Å².